The number of aryl methyl sites for hydroxylation is 1. The van der Waals surface area contributed by atoms with Gasteiger partial charge in [0, 0.05) is 11.8 Å². The van der Waals surface area contributed by atoms with Crippen LogP contribution in [0.3, 0.4) is 0 Å². The number of thiazole rings is 1. The minimum Gasteiger partial charge on any atom is -0.444 e. The van der Waals surface area contributed by atoms with Crippen LogP contribution in [0.25, 0.3) is 0 Å². The van der Waals surface area contributed by atoms with Crippen molar-refractivity contribution in [1.29, 1.82) is 0 Å². The summed E-state index contributed by atoms with van der Waals surface area (Å²) in [7, 11) is 0. The lowest BCUT2D eigenvalue weighted by molar-refractivity contribution is -0.123. The lowest BCUT2D eigenvalue weighted by atomic mass is 10.0. The van der Waals surface area contributed by atoms with Crippen LogP contribution in [0.15, 0.2) is 35.7 Å². The van der Waals surface area contributed by atoms with Crippen LogP contribution in [-0.4, -0.2) is 28.6 Å². The second-order valence-corrected chi connectivity index (χ2v) is 8.47. The van der Waals surface area contributed by atoms with E-state index >= 15 is 0 Å². The zero-order chi connectivity index (χ0) is 20.0. The summed E-state index contributed by atoms with van der Waals surface area (Å²) in [5.74, 6) is -0.275. The maximum Gasteiger partial charge on any atom is 0.408 e. The van der Waals surface area contributed by atoms with Crippen molar-refractivity contribution in [1.82, 2.24) is 15.6 Å². The van der Waals surface area contributed by atoms with Gasteiger partial charge in [-0.2, -0.15) is 0 Å². The third kappa shape index (κ3) is 7.02. The first kappa shape index (κ1) is 20.9. The molecule has 2 rings (SSSR count). The van der Waals surface area contributed by atoms with E-state index in [1.165, 1.54) is 11.3 Å². The number of ether oxygens (including phenoxy) is 1. The lowest BCUT2D eigenvalue weighted by Crippen LogP contribution is -2.49. The van der Waals surface area contributed by atoms with Gasteiger partial charge in [0.1, 0.15) is 11.6 Å². The van der Waals surface area contributed by atoms with E-state index in [4.69, 9.17) is 4.74 Å². The molecule has 6 nitrogen and oxygen atoms in total. The summed E-state index contributed by atoms with van der Waals surface area (Å²) in [5, 5.41) is 8.49. The summed E-state index contributed by atoms with van der Waals surface area (Å²) in [6.45, 7) is 9.15. The Morgan fingerprint density at radius 2 is 1.85 bits per heavy atom. The van der Waals surface area contributed by atoms with Gasteiger partial charge in [-0.15, -0.1) is 11.3 Å². The van der Waals surface area contributed by atoms with Gasteiger partial charge in [0.25, 0.3) is 0 Å². The van der Waals surface area contributed by atoms with Gasteiger partial charge < -0.3 is 15.4 Å². The van der Waals surface area contributed by atoms with E-state index in [1.54, 1.807) is 20.8 Å². The Balaban J connectivity index is 2.09. The Labute approximate surface area is 164 Å². The highest BCUT2D eigenvalue weighted by molar-refractivity contribution is 7.09. The molecule has 0 fully saturated rings. The maximum absolute atomic E-state index is 12.8. The molecule has 0 aliphatic rings. The molecule has 2 atom stereocenters. The maximum atomic E-state index is 12.8. The molecule has 27 heavy (non-hydrogen) atoms. The number of carbonyl (C=O) groups excluding carboxylic acids is 2. The van der Waals surface area contributed by atoms with Crippen LogP contribution >= 0.6 is 11.3 Å². The largest absolute Gasteiger partial charge is 0.444 e. The molecule has 146 valence electrons. The molecule has 2 aromatic rings. The molecule has 0 radical (unpaired) electrons. The third-order valence-corrected chi connectivity index (χ3v) is 4.52. The van der Waals surface area contributed by atoms with Crippen LogP contribution < -0.4 is 10.6 Å². The molecule has 0 aliphatic heterocycles. The summed E-state index contributed by atoms with van der Waals surface area (Å²) in [4.78, 5) is 29.4. The molecule has 0 saturated heterocycles. The smallest absolute Gasteiger partial charge is 0.408 e. The summed E-state index contributed by atoms with van der Waals surface area (Å²) < 4.78 is 5.31. The number of aromatic nitrogens is 1. The second kappa shape index (κ2) is 8.99. The van der Waals surface area contributed by atoms with Gasteiger partial charge in [-0.05, 0) is 40.2 Å². The molecule has 2 N–H and O–H groups in total. The molecule has 0 spiro atoms. The van der Waals surface area contributed by atoms with Crippen LogP contribution in [0.5, 0.6) is 0 Å². The number of nitrogens with zero attached hydrogens (tertiary/aromatic N) is 1. The van der Waals surface area contributed by atoms with Gasteiger partial charge in [-0.1, -0.05) is 30.3 Å². The van der Waals surface area contributed by atoms with Gasteiger partial charge in [-0.3, -0.25) is 4.79 Å². The van der Waals surface area contributed by atoms with Crippen LogP contribution in [0, 0.1) is 6.92 Å². The van der Waals surface area contributed by atoms with Crippen LogP contribution in [0.4, 0.5) is 4.79 Å². The normalized spacial score (nSPS) is 13.5. The molecule has 2 unspecified atom stereocenters. The number of benzene rings is 1. The number of alkyl carbamates (subject to hydrolysis) is 1. The summed E-state index contributed by atoms with van der Waals surface area (Å²) in [5.41, 5.74) is 1.12. The fourth-order valence-corrected chi connectivity index (χ4v) is 3.18. The minimum absolute atomic E-state index is 0.249. The molecule has 0 aliphatic carbocycles. The number of amides is 2. The van der Waals surface area contributed by atoms with Crippen molar-refractivity contribution in [2.75, 3.05) is 0 Å². The fourth-order valence-electron chi connectivity index (χ4n) is 2.48. The van der Waals surface area contributed by atoms with Crippen molar-refractivity contribution < 1.29 is 14.3 Å². The minimum atomic E-state index is -0.746. The highest BCUT2D eigenvalue weighted by atomic mass is 32.1. The first-order chi connectivity index (χ1) is 12.6. The monoisotopic (exact) mass is 389 g/mol. The van der Waals surface area contributed by atoms with Crippen molar-refractivity contribution in [3.8, 4) is 0 Å². The van der Waals surface area contributed by atoms with Gasteiger partial charge >= 0.3 is 6.09 Å². The van der Waals surface area contributed by atoms with Crippen molar-refractivity contribution >= 4 is 23.3 Å². The van der Waals surface area contributed by atoms with Crippen LogP contribution in [-0.2, 0) is 16.0 Å². The predicted molar refractivity (Wildman–Crippen MR) is 107 cm³/mol. The van der Waals surface area contributed by atoms with E-state index < -0.39 is 17.7 Å². The first-order valence-electron chi connectivity index (χ1n) is 8.90. The molecule has 1 heterocycles. The topological polar surface area (TPSA) is 80.3 Å². The van der Waals surface area contributed by atoms with Crippen molar-refractivity contribution in [2.45, 2.75) is 58.7 Å². The van der Waals surface area contributed by atoms with E-state index in [9.17, 15) is 9.59 Å². The van der Waals surface area contributed by atoms with Gasteiger partial charge in [-0.25, -0.2) is 9.78 Å². The lowest BCUT2D eigenvalue weighted by Gasteiger charge is -2.24. The Morgan fingerprint density at radius 3 is 2.41 bits per heavy atom. The van der Waals surface area contributed by atoms with E-state index in [-0.39, 0.29) is 11.9 Å². The molecule has 0 bridgehead atoms. The average molecular weight is 390 g/mol. The van der Waals surface area contributed by atoms with Crippen molar-refractivity contribution in [3.63, 3.8) is 0 Å². The standard InChI is InChI=1S/C20H27N3O3S/c1-13(17-12-27-14(2)22-17)21-18(24)16(11-15-9-7-6-8-10-15)23-19(25)26-20(3,4)5/h6-10,12-13,16H,11H2,1-5H3,(H,21,24)(H,23,25). The molecular weight excluding hydrogens is 362 g/mol. The zero-order valence-corrected chi connectivity index (χ0v) is 17.2. The Morgan fingerprint density at radius 1 is 1.19 bits per heavy atom. The van der Waals surface area contributed by atoms with E-state index in [2.05, 4.69) is 15.6 Å². The second-order valence-electron chi connectivity index (χ2n) is 7.41. The number of carbonyl (C=O) groups is 2. The van der Waals surface area contributed by atoms with Gasteiger partial charge in [0.15, 0.2) is 0 Å². The Kier molecular flexibility index (Phi) is 6.96. The average Bonchev–Trinajstić information content (AvgIpc) is 3.00. The highest BCUT2D eigenvalue weighted by Crippen LogP contribution is 2.16. The summed E-state index contributed by atoms with van der Waals surface area (Å²) in [6, 6.07) is 8.56. The number of nitrogens with one attached hydrogen (secondary N) is 2. The third-order valence-electron chi connectivity index (χ3n) is 3.73. The molecule has 7 heteroatoms. The fraction of sp³-hybridized carbons (Fsp3) is 0.450. The quantitative estimate of drug-likeness (QED) is 0.788. The van der Waals surface area contributed by atoms with E-state index in [0.29, 0.717) is 6.42 Å². The van der Waals surface area contributed by atoms with Crippen molar-refractivity contribution in [3.05, 3.63) is 52.0 Å². The highest BCUT2D eigenvalue weighted by Gasteiger charge is 2.26. The zero-order valence-electron chi connectivity index (χ0n) is 16.4. The van der Waals surface area contributed by atoms with Gasteiger partial charge in [0.2, 0.25) is 5.91 Å². The SMILES string of the molecule is Cc1nc(C(C)NC(=O)C(Cc2ccccc2)NC(=O)OC(C)(C)C)cs1. The molecule has 2 amide bonds. The molecule has 0 saturated carbocycles. The number of hydrogen-bond donors (Lipinski definition) is 2. The van der Waals surface area contributed by atoms with Crippen molar-refractivity contribution in [2.24, 2.45) is 0 Å². The van der Waals surface area contributed by atoms with Gasteiger partial charge in [0.05, 0.1) is 16.7 Å². The summed E-state index contributed by atoms with van der Waals surface area (Å²) in [6.07, 6.45) is -0.245. The predicted octanol–water partition coefficient (Wildman–Crippen LogP) is 3.76. The van der Waals surface area contributed by atoms with E-state index in [0.717, 1.165) is 16.3 Å². The number of hydrogen-bond acceptors (Lipinski definition) is 5. The number of rotatable bonds is 6. The molecule has 1 aromatic carbocycles. The Hall–Kier alpha value is -2.41. The molecule has 1 aromatic heterocycles. The van der Waals surface area contributed by atoms with Crippen LogP contribution in [0.1, 0.15) is 50.0 Å². The first-order valence-corrected chi connectivity index (χ1v) is 9.78. The molecular formula is C20H27N3O3S. The Bertz CT molecular complexity index is 768. The van der Waals surface area contributed by atoms with Crippen LogP contribution in [0.2, 0.25) is 0 Å². The van der Waals surface area contributed by atoms with E-state index in [1.807, 2.05) is 49.6 Å². The summed E-state index contributed by atoms with van der Waals surface area (Å²) >= 11 is 1.54.